The average molecular weight is 998 g/mol. The molecule has 0 radical (unpaired) electrons. The lowest BCUT2D eigenvalue weighted by Crippen LogP contribution is -2.61. The Bertz CT molecular complexity index is 1970. The number of hydrogen-bond donors (Lipinski definition) is 0. The molecular weight excluding hydrogens is 909 g/mol. The van der Waals surface area contributed by atoms with Gasteiger partial charge < -0.3 is 28.1 Å². The van der Waals surface area contributed by atoms with Crippen molar-refractivity contribution in [2.45, 2.75) is 191 Å². The zero-order valence-electron chi connectivity index (χ0n) is 43.5. The molecule has 8 nitrogen and oxygen atoms in total. The van der Waals surface area contributed by atoms with E-state index in [4.69, 9.17) is 18.3 Å². The second-order valence-electron chi connectivity index (χ2n) is 26.3. The quantitative estimate of drug-likeness (QED) is 0.151. The van der Waals surface area contributed by atoms with Gasteiger partial charge in [-0.15, -0.1) is 0 Å². The van der Waals surface area contributed by atoms with Gasteiger partial charge in [-0.05, 0) is 248 Å². The van der Waals surface area contributed by atoms with Crippen molar-refractivity contribution in [1.82, 2.24) is 9.80 Å². The predicted molar refractivity (Wildman–Crippen MR) is 281 cm³/mol. The molecule has 8 unspecified atom stereocenters. The molecule has 0 spiro atoms. The first-order valence-electron chi connectivity index (χ1n) is 29.1. The van der Waals surface area contributed by atoms with Crippen LogP contribution in [0.3, 0.4) is 0 Å². The fraction of sp³-hybridized carbons (Fsp3) is 0.833. The number of carbonyl (C=O) groups is 2. The fourth-order valence-corrected chi connectivity index (χ4v) is 23.0. The Morgan fingerprint density at radius 3 is 1.39 bits per heavy atom. The van der Waals surface area contributed by atoms with Gasteiger partial charge in [-0.3, -0.25) is 0 Å². The molecule has 386 valence electrons. The van der Waals surface area contributed by atoms with Crippen LogP contribution in [0.25, 0.3) is 0 Å². The Kier molecular flexibility index (Phi) is 13.8. The number of hydrogen-bond acceptors (Lipinski definition) is 10. The zero-order valence-corrected chi connectivity index (χ0v) is 45.1. The molecule has 8 aliphatic carbocycles. The van der Waals surface area contributed by atoms with E-state index in [9.17, 15) is 9.59 Å². The molecule has 2 saturated heterocycles. The lowest BCUT2D eigenvalue weighted by molar-refractivity contribution is -0.208. The molecule has 10 heteroatoms. The first-order valence-corrected chi connectivity index (χ1v) is 31.2. The van der Waals surface area contributed by atoms with Crippen LogP contribution in [0.15, 0.2) is 46.0 Å². The van der Waals surface area contributed by atoms with E-state index >= 15 is 0 Å². The number of esters is 2. The number of thioether (sulfide) groups is 2. The van der Waals surface area contributed by atoms with Gasteiger partial charge in [0.05, 0.1) is 25.1 Å². The van der Waals surface area contributed by atoms with Crippen LogP contribution in [-0.4, -0.2) is 95.2 Å². The van der Waals surface area contributed by atoms with Gasteiger partial charge in [0.2, 0.25) is 0 Å². The average Bonchev–Trinajstić information content (AvgIpc) is 4.22. The molecule has 10 fully saturated rings. The van der Waals surface area contributed by atoms with Gasteiger partial charge in [0.15, 0.2) is 0 Å². The molecule has 0 N–H and O–H groups in total. The molecule has 2 aromatic rings. The Labute approximate surface area is 429 Å². The van der Waals surface area contributed by atoms with Crippen molar-refractivity contribution < 1.29 is 27.9 Å². The predicted octanol–water partition coefficient (Wildman–Crippen LogP) is 13.3. The van der Waals surface area contributed by atoms with Crippen LogP contribution in [0.2, 0.25) is 0 Å². The first-order chi connectivity index (χ1) is 34.0. The Balaban J connectivity index is 0.792. The Morgan fingerprint density at radius 1 is 0.557 bits per heavy atom. The van der Waals surface area contributed by atoms with E-state index in [-0.39, 0.29) is 33.9 Å². The summed E-state index contributed by atoms with van der Waals surface area (Å²) >= 11 is 4.25. The topological polar surface area (TPSA) is 85.4 Å². The van der Waals surface area contributed by atoms with Crippen molar-refractivity contribution in [3.8, 4) is 0 Å². The van der Waals surface area contributed by atoms with Crippen LogP contribution in [0.4, 0.5) is 0 Å². The van der Waals surface area contributed by atoms with Crippen LogP contribution < -0.4 is 0 Å². The van der Waals surface area contributed by atoms with E-state index in [0.29, 0.717) is 69.7 Å². The summed E-state index contributed by atoms with van der Waals surface area (Å²) in [6.07, 6.45) is 31.3. The second-order valence-corrected chi connectivity index (χ2v) is 29.1. The van der Waals surface area contributed by atoms with E-state index in [0.717, 1.165) is 37.4 Å². The third kappa shape index (κ3) is 8.45. The first kappa shape index (κ1) is 49.0. The lowest BCUT2D eigenvalue weighted by atomic mass is 9.44. The second kappa shape index (κ2) is 19.7. The van der Waals surface area contributed by atoms with Gasteiger partial charge >= 0.3 is 11.9 Å². The highest BCUT2D eigenvalue weighted by Gasteiger charge is 2.66. The van der Waals surface area contributed by atoms with E-state index in [1.165, 1.54) is 153 Å². The highest BCUT2D eigenvalue weighted by molar-refractivity contribution is 8.00. The minimum Gasteiger partial charge on any atom is -0.472 e. The highest BCUT2D eigenvalue weighted by Crippen LogP contribution is 2.71. The highest BCUT2D eigenvalue weighted by atomic mass is 32.2. The van der Waals surface area contributed by atoms with Gasteiger partial charge in [-0.25, -0.2) is 9.59 Å². The summed E-state index contributed by atoms with van der Waals surface area (Å²) in [6.45, 7) is 17.4. The van der Waals surface area contributed by atoms with E-state index < -0.39 is 11.9 Å². The molecule has 0 bridgehead atoms. The number of nitrogens with zero attached hydrogens (tertiary/aromatic N) is 2. The maximum atomic E-state index is 14.9. The van der Waals surface area contributed by atoms with Gasteiger partial charge in [0.1, 0.15) is 12.2 Å². The van der Waals surface area contributed by atoms with Crippen molar-refractivity contribution in [2.24, 2.45) is 69.0 Å². The SMILES string of the molecule is C[C@]12C(CC[C@@H]3[C@H]1CC[C@]1(C)C(c4ccoc4)CC[C@@H]31)CC(SCCN1CCCC1)CC2OC(=O)C(=O)OC1CC(SCCN2CCCC2)CC2CC[C@@H]3[C@@H](CC[C@]4(C)C(c5ccoc5)CC[C@@H]34)[C@]21C. The molecule has 18 atom stereocenters. The minimum absolute atomic E-state index is 0.153. The van der Waals surface area contributed by atoms with Gasteiger partial charge in [0, 0.05) is 45.9 Å². The molecule has 10 aliphatic rings. The third-order valence-electron chi connectivity index (χ3n) is 23.8. The monoisotopic (exact) mass is 997 g/mol. The van der Waals surface area contributed by atoms with Crippen LogP contribution in [0.5, 0.6) is 0 Å². The zero-order chi connectivity index (χ0) is 47.8. The lowest BCUT2D eigenvalue weighted by Gasteiger charge is -2.63. The maximum Gasteiger partial charge on any atom is 0.417 e. The van der Waals surface area contributed by atoms with E-state index in [1.54, 1.807) is 0 Å². The third-order valence-corrected chi connectivity index (χ3v) is 26.4. The molecule has 0 aromatic carbocycles. The van der Waals surface area contributed by atoms with Crippen molar-refractivity contribution in [1.29, 1.82) is 0 Å². The maximum absolute atomic E-state index is 14.9. The smallest absolute Gasteiger partial charge is 0.417 e. The fourth-order valence-electron chi connectivity index (χ4n) is 20.2. The summed E-state index contributed by atoms with van der Waals surface area (Å²) in [4.78, 5) is 35.1. The van der Waals surface area contributed by atoms with E-state index in [2.05, 4.69) is 73.2 Å². The number of rotatable bonds is 12. The number of likely N-dealkylation sites (tertiary alicyclic amines) is 2. The molecule has 4 heterocycles. The number of ether oxygens (including phenoxy) is 2. The normalized spacial score (nSPS) is 45.8. The summed E-state index contributed by atoms with van der Waals surface area (Å²) in [5.74, 6) is 6.48. The molecule has 2 aromatic heterocycles. The molecule has 70 heavy (non-hydrogen) atoms. The van der Waals surface area contributed by atoms with Crippen LogP contribution in [0, 0.1) is 69.0 Å². The number of furan rings is 2. The van der Waals surface area contributed by atoms with Crippen LogP contribution >= 0.6 is 23.5 Å². The standard InChI is InChI=1S/C60H88N2O6S2/c1-57-21-17-51-45(49(57)15-13-47(57)39-19-29-65-37-39)11-9-41-33-43(69-31-27-61-23-5-6-24-61)35-53(59(41,51)3)67-55(63)56(64)68-54-36-44(70-32-28-62-25-7-8-26-62)34-42-10-12-46-50-16-14-48(40-20-30-66-38-40)58(50,2)22-18-52(46)60(42,54)4/h19-20,29-30,37-38,41-54H,5-18,21-28,31-36H2,1-4H3/t41?,42?,43?,44?,45-,46-,47?,48?,49-,50-,51+,52+,53?,54?,57+,58+,59-,60-/m0/s1. The summed E-state index contributed by atoms with van der Waals surface area (Å²) in [7, 11) is 0. The van der Waals surface area contributed by atoms with Crippen molar-refractivity contribution in [3.05, 3.63) is 48.3 Å². The van der Waals surface area contributed by atoms with Crippen molar-refractivity contribution >= 4 is 35.5 Å². The van der Waals surface area contributed by atoms with Crippen LogP contribution in [-0.2, 0) is 19.1 Å². The number of carbonyl (C=O) groups excluding carboxylic acids is 2. The molecule has 0 amide bonds. The van der Waals surface area contributed by atoms with Crippen LogP contribution in [0.1, 0.15) is 179 Å². The molecule has 8 saturated carbocycles. The molecule has 12 rings (SSSR count). The minimum atomic E-state index is -0.706. The van der Waals surface area contributed by atoms with Gasteiger partial charge in [-0.2, -0.15) is 23.5 Å². The number of fused-ring (bicyclic) bond motifs is 10. The summed E-state index contributed by atoms with van der Waals surface area (Å²) < 4.78 is 25.2. The Hall–Kier alpha value is -1.88. The van der Waals surface area contributed by atoms with Gasteiger partial charge in [-0.1, -0.05) is 27.7 Å². The van der Waals surface area contributed by atoms with Crippen molar-refractivity contribution in [3.63, 3.8) is 0 Å². The summed E-state index contributed by atoms with van der Waals surface area (Å²) in [5.41, 5.74) is 2.99. The molecule has 2 aliphatic heterocycles. The molecular formula is C60H88N2O6S2. The Morgan fingerprint density at radius 2 is 0.986 bits per heavy atom. The van der Waals surface area contributed by atoms with Crippen molar-refractivity contribution in [2.75, 3.05) is 50.8 Å². The summed E-state index contributed by atoms with van der Waals surface area (Å²) in [5, 5.41) is 0.876. The van der Waals surface area contributed by atoms with E-state index in [1.807, 2.05) is 25.1 Å². The largest absolute Gasteiger partial charge is 0.472 e. The van der Waals surface area contributed by atoms with Gasteiger partial charge in [0.25, 0.3) is 0 Å². The summed E-state index contributed by atoms with van der Waals surface area (Å²) in [6, 6.07) is 4.43.